The minimum absolute atomic E-state index is 0.0477. The van der Waals surface area contributed by atoms with Crippen molar-refractivity contribution in [2.24, 2.45) is 0 Å². The van der Waals surface area contributed by atoms with Gasteiger partial charge in [-0.05, 0) is 43.7 Å². The van der Waals surface area contributed by atoms with Crippen LogP contribution in [0, 0.1) is 0 Å². The van der Waals surface area contributed by atoms with E-state index >= 15 is 0 Å². The summed E-state index contributed by atoms with van der Waals surface area (Å²) in [6.45, 7) is 1.84. The number of rotatable bonds is 6. The number of nitrogens with zero attached hydrogens (tertiary/aromatic N) is 6. The largest absolute Gasteiger partial charge is 0.352 e. The van der Waals surface area contributed by atoms with E-state index < -0.39 is 0 Å². The van der Waals surface area contributed by atoms with Crippen molar-refractivity contribution >= 4 is 5.91 Å². The molecule has 8 heteroatoms. The van der Waals surface area contributed by atoms with E-state index in [0.29, 0.717) is 13.1 Å². The van der Waals surface area contributed by atoms with Crippen LogP contribution in [0.2, 0.25) is 0 Å². The van der Waals surface area contributed by atoms with Crippen LogP contribution in [-0.2, 0) is 24.3 Å². The zero-order chi connectivity index (χ0) is 20.1. The molecule has 0 saturated heterocycles. The lowest BCUT2D eigenvalue weighted by molar-refractivity contribution is -0.122. The Morgan fingerprint density at radius 1 is 1.17 bits per heavy atom. The van der Waals surface area contributed by atoms with E-state index in [1.54, 1.807) is 18.6 Å². The molecule has 0 aromatic carbocycles. The van der Waals surface area contributed by atoms with Gasteiger partial charge in [0.15, 0.2) is 5.82 Å². The van der Waals surface area contributed by atoms with Crippen LogP contribution in [0.4, 0.5) is 0 Å². The number of aryl methyl sites for hydroxylation is 1. The Morgan fingerprint density at radius 3 is 2.76 bits per heavy atom. The molecule has 8 nitrogen and oxygen atoms in total. The van der Waals surface area contributed by atoms with Crippen LogP contribution >= 0.6 is 0 Å². The summed E-state index contributed by atoms with van der Waals surface area (Å²) in [6, 6.07) is 7.96. The number of carbonyl (C=O) groups excluding carboxylic acids is 1. The number of nitrogens with one attached hydrogen (secondary N) is 1. The summed E-state index contributed by atoms with van der Waals surface area (Å²) in [5.74, 6) is 1.86. The van der Waals surface area contributed by atoms with Gasteiger partial charge in [-0.25, -0.2) is 0 Å². The Morgan fingerprint density at radius 2 is 2.00 bits per heavy atom. The average Bonchev–Trinajstić information content (AvgIpc) is 3.04. The quantitative estimate of drug-likeness (QED) is 0.688. The summed E-state index contributed by atoms with van der Waals surface area (Å²) in [7, 11) is 1.95. The molecule has 0 fully saturated rings. The van der Waals surface area contributed by atoms with Crippen molar-refractivity contribution < 1.29 is 4.79 Å². The second-order valence-corrected chi connectivity index (χ2v) is 7.46. The minimum atomic E-state index is 0.0477. The minimum Gasteiger partial charge on any atom is -0.352 e. The molecule has 0 saturated carbocycles. The average molecular weight is 391 g/mol. The number of amides is 1. The molecule has 3 aromatic rings. The van der Waals surface area contributed by atoms with Crippen LogP contribution in [0.15, 0.2) is 49.1 Å². The van der Waals surface area contributed by atoms with Crippen LogP contribution in [-0.4, -0.2) is 55.2 Å². The fraction of sp³-hybridized carbons (Fsp3) is 0.381. The van der Waals surface area contributed by atoms with Gasteiger partial charge in [-0.1, -0.05) is 6.07 Å². The van der Waals surface area contributed by atoms with Gasteiger partial charge in [0.25, 0.3) is 0 Å². The fourth-order valence-corrected chi connectivity index (χ4v) is 3.72. The molecule has 3 aromatic heterocycles. The van der Waals surface area contributed by atoms with Crippen LogP contribution in [0.1, 0.15) is 24.2 Å². The first-order valence-corrected chi connectivity index (χ1v) is 9.88. The maximum atomic E-state index is 12.5. The second kappa shape index (κ2) is 8.91. The third kappa shape index (κ3) is 4.83. The Bertz CT molecular complexity index is 942. The lowest BCUT2D eigenvalue weighted by Crippen LogP contribution is -2.41. The van der Waals surface area contributed by atoms with Crippen molar-refractivity contribution in [3.8, 4) is 11.4 Å². The Hall–Kier alpha value is -3.13. The summed E-state index contributed by atoms with van der Waals surface area (Å²) >= 11 is 0. The van der Waals surface area contributed by atoms with Crippen molar-refractivity contribution in [3.63, 3.8) is 0 Å². The van der Waals surface area contributed by atoms with E-state index in [0.717, 1.165) is 48.6 Å². The van der Waals surface area contributed by atoms with E-state index in [9.17, 15) is 4.79 Å². The first-order valence-electron chi connectivity index (χ1n) is 9.88. The highest BCUT2D eigenvalue weighted by atomic mass is 16.2. The number of hydrogen-bond donors (Lipinski definition) is 1. The summed E-state index contributed by atoms with van der Waals surface area (Å²) in [6.07, 6.45) is 9.65. The molecule has 1 amide bonds. The first kappa shape index (κ1) is 19.2. The monoisotopic (exact) mass is 391 g/mol. The molecule has 0 radical (unpaired) electrons. The van der Waals surface area contributed by atoms with E-state index in [1.165, 1.54) is 0 Å². The van der Waals surface area contributed by atoms with E-state index in [-0.39, 0.29) is 11.9 Å². The lowest BCUT2D eigenvalue weighted by Gasteiger charge is -2.20. The highest BCUT2D eigenvalue weighted by Crippen LogP contribution is 2.22. The van der Waals surface area contributed by atoms with Gasteiger partial charge in [0, 0.05) is 55.9 Å². The zero-order valence-electron chi connectivity index (χ0n) is 16.5. The molecule has 1 aliphatic heterocycles. The normalized spacial score (nSPS) is 16.3. The number of hydrogen-bond acceptors (Lipinski definition) is 6. The summed E-state index contributed by atoms with van der Waals surface area (Å²) in [5.41, 5.74) is 2.06. The van der Waals surface area contributed by atoms with E-state index in [1.807, 2.05) is 42.4 Å². The molecule has 1 aliphatic rings. The molecule has 1 atom stereocenters. The van der Waals surface area contributed by atoms with Gasteiger partial charge in [0.2, 0.25) is 5.91 Å². The number of pyridine rings is 2. The highest BCUT2D eigenvalue weighted by molar-refractivity contribution is 5.78. The molecular weight excluding hydrogens is 366 g/mol. The third-order valence-electron chi connectivity index (χ3n) is 5.12. The van der Waals surface area contributed by atoms with Gasteiger partial charge in [-0.2, -0.15) is 0 Å². The summed E-state index contributed by atoms with van der Waals surface area (Å²) < 4.78 is 2.15. The van der Waals surface area contributed by atoms with Crippen LogP contribution in [0.3, 0.4) is 0 Å². The predicted octanol–water partition coefficient (Wildman–Crippen LogP) is 1.69. The van der Waals surface area contributed by atoms with Crippen LogP contribution in [0.5, 0.6) is 0 Å². The fourth-order valence-electron chi connectivity index (χ4n) is 3.72. The Kier molecular flexibility index (Phi) is 5.90. The lowest BCUT2D eigenvalue weighted by atomic mass is 10.1. The van der Waals surface area contributed by atoms with Gasteiger partial charge >= 0.3 is 0 Å². The molecule has 0 bridgehead atoms. The number of fused-ring (bicyclic) bond motifs is 1. The van der Waals surface area contributed by atoms with Crippen molar-refractivity contribution in [2.45, 2.75) is 38.4 Å². The molecule has 4 heterocycles. The summed E-state index contributed by atoms with van der Waals surface area (Å²) in [4.78, 5) is 22.8. The maximum Gasteiger partial charge on any atom is 0.234 e. The summed E-state index contributed by atoms with van der Waals surface area (Å²) in [5, 5.41) is 11.9. The smallest absolute Gasteiger partial charge is 0.234 e. The third-order valence-corrected chi connectivity index (χ3v) is 5.12. The zero-order valence-corrected chi connectivity index (χ0v) is 16.5. The molecule has 150 valence electrons. The van der Waals surface area contributed by atoms with Crippen molar-refractivity contribution in [1.29, 1.82) is 0 Å². The number of aromatic nitrogens is 5. The Labute approximate surface area is 170 Å². The van der Waals surface area contributed by atoms with Crippen LogP contribution in [0.25, 0.3) is 11.4 Å². The molecule has 1 N–H and O–H groups in total. The predicted molar refractivity (Wildman–Crippen MR) is 109 cm³/mol. The first-order chi connectivity index (χ1) is 14.2. The van der Waals surface area contributed by atoms with Gasteiger partial charge < -0.3 is 9.88 Å². The standard InChI is InChI=1S/C21H25N7O/c1-27(14-16-4-2-9-22-12-16)15-20(29)24-18-6-7-19-25-26-21(28(19)11-8-18)17-5-3-10-23-13-17/h2-5,9-10,12-13,18H,6-8,11,14-15H2,1H3,(H,24,29). The molecular formula is C21H25N7O. The van der Waals surface area contributed by atoms with E-state index in [2.05, 4.69) is 30.0 Å². The molecule has 4 rings (SSSR count). The molecule has 1 unspecified atom stereocenters. The second-order valence-electron chi connectivity index (χ2n) is 7.46. The van der Waals surface area contributed by atoms with Crippen molar-refractivity contribution in [3.05, 3.63) is 60.4 Å². The van der Waals surface area contributed by atoms with Crippen LogP contribution < -0.4 is 5.32 Å². The van der Waals surface area contributed by atoms with E-state index in [4.69, 9.17) is 0 Å². The SMILES string of the molecule is CN(CC(=O)NC1CCc2nnc(-c3cccnc3)n2CC1)Cc1cccnc1. The number of likely N-dealkylation sites (N-methyl/N-ethyl adjacent to an activating group) is 1. The van der Waals surface area contributed by atoms with Gasteiger partial charge in [-0.3, -0.25) is 19.7 Å². The Balaban J connectivity index is 1.32. The molecule has 29 heavy (non-hydrogen) atoms. The maximum absolute atomic E-state index is 12.5. The van der Waals surface area contributed by atoms with Gasteiger partial charge in [0.1, 0.15) is 5.82 Å². The van der Waals surface area contributed by atoms with Gasteiger partial charge in [-0.15, -0.1) is 10.2 Å². The molecule has 0 aliphatic carbocycles. The molecule has 0 spiro atoms. The topological polar surface area (TPSA) is 88.8 Å². The van der Waals surface area contributed by atoms with Crippen molar-refractivity contribution in [2.75, 3.05) is 13.6 Å². The number of carbonyl (C=O) groups is 1. The van der Waals surface area contributed by atoms with Crippen molar-refractivity contribution in [1.82, 2.24) is 34.9 Å². The van der Waals surface area contributed by atoms with Gasteiger partial charge in [0.05, 0.1) is 6.54 Å². The highest BCUT2D eigenvalue weighted by Gasteiger charge is 2.22.